The highest BCUT2D eigenvalue weighted by atomic mass is 16.5. The summed E-state index contributed by atoms with van der Waals surface area (Å²) in [4.78, 5) is 37.7. The van der Waals surface area contributed by atoms with E-state index in [4.69, 9.17) is 4.74 Å². The summed E-state index contributed by atoms with van der Waals surface area (Å²) >= 11 is 0. The maximum absolute atomic E-state index is 12.1. The third-order valence-electron chi connectivity index (χ3n) is 4.39. The van der Waals surface area contributed by atoms with Gasteiger partial charge in [0.1, 0.15) is 29.1 Å². The summed E-state index contributed by atoms with van der Waals surface area (Å²) in [7, 11) is 1.42. The molecule has 0 bridgehead atoms. The number of hydrogen-bond donors (Lipinski definition) is 1. The van der Waals surface area contributed by atoms with E-state index < -0.39 is 17.8 Å². The number of ether oxygens (including phenoxy) is 1. The van der Waals surface area contributed by atoms with Gasteiger partial charge in [-0.05, 0) is 29.8 Å². The van der Waals surface area contributed by atoms with Crippen LogP contribution in [0.4, 0.5) is 0 Å². The largest absolute Gasteiger partial charge is 0.506 e. The Hall–Kier alpha value is -4.01. The molecule has 0 aliphatic carbocycles. The van der Waals surface area contributed by atoms with Gasteiger partial charge < -0.3 is 9.84 Å². The summed E-state index contributed by atoms with van der Waals surface area (Å²) in [6.45, 7) is 3.32. The molecule has 2 amide bonds. The fourth-order valence-corrected chi connectivity index (χ4v) is 2.91. The number of aromatic nitrogens is 3. The second-order valence-electron chi connectivity index (χ2n) is 6.18. The summed E-state index contributed by atoms with van der Waals surface area (Å²) in [6.07, 6.45) is 1.06. The number of rotatable bonds is 4. The second kappa shape index (κ2) is 6.31. The minimum absolute atomic E-state index is 0.0114. The molecule has 1 aliphatic heterocycles. The fourth-order valence-electron chi connectivity index (χ4n) is 2.91. The molecule has 140 valence electrons. The molecule has 1 aliphatic rings. The molecule has 0 radical (unpaired) electrons. The lowest BCUT2D eigenvalue weighted by Gasteiger charge is -2.07. The van der Waals surface area contributed by atoms with E-state index in [-0.39, 0.29) is 29.2 Å². The minimum atomic E-state index is -0.564. The van der Waals surface area contributed by atoms with Crippen LogP contribution in [0.5, 0.6) is 5.75 Å². The number of esters is 1. The van der Waals surface area contributed by atoms with Crippen LogP contribution in [0.15, 0.2) is 43.0 Å². The summed E-state index contributed by atoms with van der Waals surface area (Å²) in [5.41, 5.74) is 2.20. The first-order valence-corrected chi connectivity index (χ1v) is 8.24. The smallest absolute Gasteiger partial charge is 0.330 e. The van der Waals surface area contributed by atoms with Gasteiger partial charge in [0.05, 0.1) is 11.1 Å². The van der Waals surface area contributed by atoms with Crippen LogP contribution in [0.2, 0.25) is 0 Å². The summed E-state index contributed by atoms with van der Waals surface area (Å²) in [5, 5.41) is 18.8. The molecule has 1 aromatic heterocycles. The van der Waals surface area contributed by atoms with Gasteiger partial charge in [-0.1, -0.05) is 12.6 Å². The Morgan fingerprint density at radius 1 is 1.14 bits per heavy atom. The highest BCUT2D eigenvalue weighted by Crippen LogP contribution is 2.28. The van der Waals surface area contributed by atoms with E-state index >= 15 is 0 Å². The van der Waals surface area contributed by atoms with Crippen molar-refractivity contribution in [3.63, 3.8) is 0 Å². The number of phenolic OH excluding ortho intramolecular Hbond substituents is 1. The molecular weight excluding hydrogens is 364 g/mol. The second-order valence-corrected chi connectivity index (χ2v) is 6.18. The Balaban J connectivity index is 1.74. The average molecular weight is 378 g/mol. The van der Waals surface area contributed by atoms with Crippen molar-refractivity contribution < 1.29 is 24.2 Å². The molecule has 1 N–H and O–H groups in total. The predicted molar refractivity (Wildman–Crippen MR) is 96.9 cm³/mol. The average Bonchev–Trinajstić information content (AvgIpc) is 3.20. The maximum atomic E-state index is 12.1. The molecule has 0 unspecified atom stereocenters. The number of carbonyl (C=O) groups is 3. The number of aromatic hydroxyl groups is 1. The van der Waals surface area contributed by atoms with E-state index in [2.05, 4.69) is 16.8 Å². The molecule has 9 nitrogen and oxygen atoms in total. The van der Waals surface area contributed by atoms with Crippen LogP contribution in [-0.4, -0.2) is 49.8 Å². The van der Waals surface area contributed by atoms with Crippen LogP contribution in [-0.2, 0) is 16.1 Å². The fraction of sp³-hybridized carbons (Fsp3) is 0.105. The summed E-state index contributed by atoms with van der Waals surface area (Å²) in [5.74, 6) is -1.44. The summed E-state index contributed by atoms with van der Waals surface area (Å²) < 4.78 is 4.99. The van der Waals surface area contributed by atoms with Crippen LogP contribution in [0.3, 0.4) is 0 Å². The first-order valence-electron chi connectivity index (χ1n) is 8.24. The van der Waals surface area contributed by atoms with Crippen molar-refractivity contribution in [3.8, 4) is 11.4 Å². The van der Waals surface area contributed by atoms with Crippen LogP contribution < -0.4 is 0 Å². The third kappa shape index (κ3) is 2.69. The number of benzene rings is 2. The normalized spacial score (nSPS) is 13.1. The van der Waals surface area contributed by atoms with Crippen molar-refractivity contribution in [2.45, 2.75) is 6.61 Å². The van der Waals surface area contributed by atoms with Gasteiger partial charge in [-0.15, -0.1) is 15.0 Å². The number of fused-ring (bicyclic) bond motifs is 2. The zero-order valence-corrected chi connectivity index (χ0v) is 14.7. The topological polar surface area (TPSA) is 115 Å². The molecule has 0 saturated carbocycles. The number of nitrogens with zero attached hydrogens (tertiary/aromatic N) is 4. The number of phenols is 1. The number of carbonyl (C=O) groups excluding carboxylic acids is 3. The van der Waals surface area contributed by atoms with Crippen molar-refractivity contribution >= 4 is 28.8 Å². The van der Waals surface area contributed by atoms with Gasteiger partial charge in [-0.2, -0.15) is 0 Å². The molecule has 4 rings (SSSR count). The van der Waals surface area contributed by atoms with E-state index in [0.717, 1.165) is 11.0 Å². The lowest BCUT2D eigenvalue weighted by Crippen LogP contribution is -2.24. The van der Waals surface area contributed by atoms with Gasteiger partial charge in [-0.3, -0.25) is 14.5 Å². The van der Waals surface area contributed by atoms with E-state index in [1.807, 2.05) is 0 Å². The van der Waals surface area contributed by atoms with Crippen LogP contribution >= 0.6 is 0 Å². The Labute approximate surface area is 158 Å². The van der Waals surface area contributed by atoms with Crippen molar-refractivity contribution in [3.05, 3.63) is 59.7 Å². The van der Waals surface area contributed by atoms with E-state index in [0.29, 0.717) is 16.6 Å². The van der Waals surface area contributed by atoms with Gasteiger partial charge in [0.2, 0.25) is 0 Å². The molecule has 0 saturated heterocycles. The van der Waals surface area contributed by atoms with Crippen molar-refractivity contribution in [2.75, 3.05) is 7.05 Å². The molecule has 0 spiro atoms. The quantitative estimate of drug-likeness (QED) is 0.416. The molecule has 2 aromatic carbocycles. The highest BCUT2D eigenvalue weighted by Gasteiger charge is 2.33. The number of amides is 2. The Morgan fingerprint density at radius 2 is 1.75 bits per heavy atom. The molecular formula is C19H14N4O5. The highest BCUT2D eigenvalue weighted by molar-refractivity contribution is 6.22. The van der Waals surface area contributed by atoms with Crippen molar-refractivity contribution in [1.82, 2.24) is 19.9 Å². The van der Waals surface area contributed by atoms with Gasteiger partial charge in [-0.25, -0.2) is 4.79 Å². The van der Waals surface area contributed by atoms with Crippen molar-refractivity contribution in [1.29, 1.82) is 0 Å². The van der Waals surface area contributed by atoms with Gasteiger partial charge >= 0.3 is 5.97 Å². The van der Waals surface area contributed by atoms with E-state index in [1.54, 1.807) is 12.1 Å². The maximum Gasteiger partial charge on any atom is 0.330 e. The summed E-state index contributed by atoms with van der Waals surface area (Å²) in [6, 6.07) is 7.61. The van der Waals surface area contributed by atoms with Gasteiger partial charge in [0, 0.05) is 13.1 Å². The molecule has 28 heavy (non-hydrogen) atoms. The minimum Gasteiger partial charge on any atom is -0.506 e. The van der Waals surface area contributed by atoms with Crippen LogP contribution in [0.1, 0.15) is 26.3 Å². The first-order chi connectivity index (χ1) is 13.4. The van der Waals surface area contributed by atoms with Gasteiger partial charge in [0.25, 0.3) is 11.8 Å². The third-order valence-corrected chi connectivity index (χ3v) is 4.39. The van der Waals surface area contributed by atoms with Crippen LogP contribution in [0.25, 0.3) is 16.7 Å². The van der Waals surface area contributed by atoms with E-state index in [9.17, 15) is 19.5 Å². The Morgan fingerprint density at radius 3 is 2.32 bits per heavy atom. The lowest BCUT2D eigenvalue weighted by molar-refractivity contribution is -0.138. The first kappa shape index (κ1) is 17.4. The van der Waals surface area contributed by atoms with Crippen LogP contribution in [0, 0.1) is 0 Å². The Kier molecular flexibility index (Phi) is 3.92. The van der Waals surface area contributed by atoms with E-state index in [1.165, 1.54) is 30.0 Å². The molecule has 0 fully saturated rings. The Bertz CT molecular complexity index is 1130. The van der Waals surface area contributed by atoms with Gasteiger partial charge in [0.15, 0.2) is 0 Å². The zero-order chi connectivity index (χ0) is 20.0. The zero-order valence-electron chi connectivity index (χ0n) is 14.7. The predicted octanol–water partition coefficient (Wildman–Crippen LogP) is 1.58. The number of hydrogen-bond acceptors (Lipinski definition) is 7. The lowest BCUT2D eigenvalue weighted by atomic mass is 10.1. The van der Waals surface area contributed by atoms with Crippen molar-refractivity contribution in [2.24, 2.45) is 0 Å². The molecule has 3 aromatic rings. The standard InChI is InChI=1S/C19H14N4O5/c1-3-17(25)28-9-10-4-5-16(24)15(6-10)23-20-13-7-11-12(8-14(13)21-23)19(27)22(2)18(11)26/h3-8,24H,1,9H2,2H3. The molecule has 9 heteroatoms. The number of imide groups is 1. The molecule has 0 atom stereocenters. The SMILES string of the molecule is C=CC(=O)OCc1ccc(O)c(-n2nc3cc4c(cc3n2)C(=O)N(C)C4=O)c1. The monoisotopic (exact) mass is 378 g/mol. The molecule has 2 heterocycles.